The lowest BCUT2D eigenvalue weighted by atomic mass is 10.2. The average molecular weight is 219 g/mol. The molecule has 0 saturated carbocycles. The van der Waals surface area contributed by atoms with Crippen molar-refractivity contribution in [2.75, 3.05) is 5.75 Å². The third-order valence-electron chi connectivity index (χ3n) is 2.62. The molecular weight excluding hydrogens is 202 g/mol. The smallest absolute Gasteiger partial charge is 0.0489 e. The van der Waals surface area contributed by atoms with E-state index in [4.69, 9.17) is 0 Å². The van der Waals surface area contributed by atoms with E-state index in [-0.39, 0.29) is 0 Å². The molecule has 1 heterocycles. The summed E-state index contributed by atoms with van der Waals surface area (Å²) in [6.07, 6.45) is 4.82. The van der Waals surface area contributed by atoms with Gasteiger partial charge in [0, 0.05) is 29.0 Å². The summed E-state index contributed by atoms with van der Waals surface area (Å²) in [7, 11) is 2.12. The highest BCUT2D eigenvalue weighted by molar-refractivity contribution is 7.99. The van der Waals surface area contributed by atoms with E-state index in [9.17, 15) is 0 Å². The SMILES string of the molecule is CCCCSc1cn(C)c2ccccc12. The van der Waals surface area contributed by atoms with Crippen LogP contribution in [0.1, 0.15) is 19.8 Å². The van der Waals surface area contributed by atoms with Crippen molar-refractivity contribution in [3.63, 3.8) is 0 Å². The van der Waals surface area contributed by atoms with Gasteiger partial charge in [0.15, 0.2) is 0 Å². The van der Waals surface area contributed by atoms with Crippen LogP contribution in [0.15, 0.2) is 35.4 Å². The first-order valence-corrected chi connectivity index (χ1v) is 6.48. The maximum atomic E-state index is 2.24. The van der Waals surface area contributed by atoms with E-state index in [1.807, 2.05) is 11.8 Å². The molecule has 0 unspecified atom stereocenters. The predicted octanol–water partition coefficient (Wildman–Crippen LogP) is 4.07. The van der Waals surface area contributed by atoms with Crippen molar-refractivity contribution in [3.05, 3.63) is 30.5 Å². The molecule has 0 saturated heterocycles. The van der Waals surface area contributed by atoms with Gasteiger partial charge in [-0.2, -0.15) is 0 Å². The van der Waals surface area contributed by atoms with Gasteiger partial charge in [0.25, 0.3) is 0 Å². The number of unbranched alkanes of at least 4 members (excludes halogenated alkanes) is 1. The second kappa shape index (κ2) is 4.75. The summed E-state index contributed by atoms with van der Waals surface area (Å²) in [5.41, 5.74) is 1.33. The second-order valence-corrected chi connectivity index (χ2v) is 4.96. The van der Waals surface area contributed by atoms with Gasteiger partial charge < -0.3 is 4.57 Å². The fraction of sp³-hybridized carbons (Fsp3) is 0.385. The van der Waals surface area contributed by atoms with E-state index < -0.39 is 0 Å². The number of aromatic nitrogens is 1. The number of hydrogen-bond acceptors (Lipinski definition) is 1. The van der Waals surface area contributed by atoms with Crippen LogP contribution in [0.3, 0.4) is 0 Å². The van der Waals surface area contributed by atoms with E-state index in [1.165, 1.54) is 34.4 Å². The number of rotatable bonds is 4. The minimum atomic E-state index is 1.23. The Morgan fingerprint density at radius 1 is 1.27 bits per heavy atom. The molecule has 0 aliphatic heterocycles. The molecule has 0 radical (unpaired) electrons. The van der Waals surface area contributed by atoms with Crippen molar-refractivity contribution in [2.45, 2.75) is 24.7 Å². The minimum Gasteiger partial charge on any atom is -0.349 e. The van der Waals surface area contributed by atoms with Gasteiger partial charge in [-0.15, -0.1) is 11.8 Å². The maximum absolute atomic E-state index is 2.24. The van der Waals surface area contributed by atoms with E-state index in [0.717, 1.165) is 0 Å². The summed E-state index contributed by atoms with van der Waals surface area (Å²) in [5.74, 6) is 1.23. The normalized spacial score (nSPS) is 11.1. The number of para-hydroxylation sites is 1. The molecule has 2 heteroatoms. The van der Waals surface area contributed by atoms with Gasteiger partial charge in [-0.3, -0.25) is 0 Å². The number of nitrogens with zero attached hydrogens (tertiary/aromatic N) is 1. The molecule has 2 rings (SSSR count). The molecule has 80 valence electrons. The summed E-state index contributed by atoms with van der Waals surface area (Å²) in [4.78, 5) is 1.42. The van der Waals surface area contributed by atoms with Crippen molar-refractivity contribution in [1.82, 2.24) is 4.57 Å². The van der Waals surface area contributed by atoms with E-state index >= 15 is 0 Å². The monoisotopic (exact) mass is 219 g/mol. The van der Waals surface area contributed by atoms with Gasteiger partial charge in [-0.25, -0.2) is 0 Å². The third-order valence-corrected chi connectivity index (χ3v) is 3.74. The zero-order chi connectivity index (χ0) is 10.7. The Bertz CT molecular complexity index is 445. The molecule has 2 aromatic rings. The largest absolute Gasteiger partial charge is 0.349 e. The Kier molecular flexibility index (Phi) is 3.37. The molecular formula is C13H17NS. The van der Waals surface area contributed by atoms with Gasteiger partial charge in [0.1, 0.15) is 0 Å². The molecule has 0 atom stereocenters. The average Bonchev–Trinajstić information content (AvgIpc) is 2.58. The first kappa shape index (κ1) is 10.6. The lowest BCUT2D eigenvalue weighted by Gasteiger charge is -1.97. The molecule has 1 aromatic carbocycles. The zero-order valence-corrected chi connectivity index (χ0v) is 10.2. The highest BCUT2D eigenvalue weighted by Gasteiger charge is 2.05. The van der Waals surface area contributed by atoms with Crippen molar-refractivity contribution in [3.8, 4) is 0 Å². The quantitative estimate of drug-likeness (QED) is 0.554. The zero-order valence-electron chi connectivity index (χ0n) is 9.36. The van der Waals surface area contributed by atoms with Gasteiger partial charge in [0.05, 0.1) is 0 Å². The fourth-order valence-corrected chi connectivity index (χ4v) is 2.96. The van der Waals surface area contributed by atoms with Gasteiger partial charge in [0.2, 0.25) is 0 Å². The van der Waals surface area contributed by atoms with Crippen LogP contribution in [0, 0.1) is 0 Å². The second-order valence-electron chi connectivity index (χ2n) is 3.82. The fourth-order valence-electron chi connectivity index (χ4n) is 1.75. The van der Waals surface area contributed by atoms with Crippen molar-refractivity contribution in [2.24, 2.45) is 7.05 Å². The lowest BCUT2D eigenvalue weighted by molar-refractivity contribution is 0.895. The summed E-state index contributed by atoms with van der Waals surface area (Å²) >= 11 is 1.97. The summed E-state index contributed by atoms with van der Waals surface area (Å²) in [5, 5.41) is 1.39. The van der Waals surface area contributed by atoms with Crippen molar-refractivity contribution < 1.29 is 0 Å². The van der Waals surface area contributed by atoms with Crippen LogP contribution in [0.25, 0.3) is 10.9 Å². The molecule has 1 aromatic heterocycles. The molecule has 0 spiro atoms. The first-order valence-electron chi connectivity index (χ1n) is 5.49. The lowest BCUT2D eigenvalue weighted by Crippen LogP contribution is -1.81. The van der Waals surface area contributed by atoms with E-state index in [1.54, 1.807) is 0 Å². The Hall–Kier alpha value is -0.890. The molecule has 0 aliphatic carbocycles. The number of aryl methyl sites for hydroxylation is 1. The molecule has 0 N–H and O–H groups in total. The van der Waals surface area contributed by atoms with E-state index in [0.29, 0.717) is 0 Å². The highest BCUT2D eigenvalue weighted by atomic mass is 32.2. The Labute approximate surface area is 95.5 Å². The summed E-state index contributed by atoms with van der Waals surface area (Å²) in [6.45, 7) is 2.24. The van der Waals surface area contributed by atoms with Crippen LogP contribution < -0.4 is 0 Å². The van der Waals surface area contributed by atoms with E-state index in [2.05, 4.69) is 49.0 Å². The number of benzene rings is 1. The molecule has 15 heavy (non-hydrogen) atoms. The molecule has 1 nitrogen and oxygen atoms in total. The van der Waals surface area contributed by atoms with Crippen molar-refractivity contribution >= 4 is 22.7 Å². The van der Waals surface area contributed by atoms with Crippen LogP contribution in [0.2, 0.25) is 0 Å². The number of hydrogen-bond donors (Lipinski definition) is 0. The van der Waals surface area contributed by atoms with Crippen LogP contribution in [-0.4, -0.2) is 10.3 Å². The first-order chi connectivity index (χ1) is 7.33. The predicted molar refractivity (Wildman–Crippen MR) is 68.6 cm³/mol. The van der Waals surface area contributed by atoms with Crippen molar-refractivity contribution in [1.29, 1.82) is 0 Å². The Balaban J connectivity index is 2.27. The summed E-state index contributed by atoms with van der Waals surface area (Å²) in [6, 6.07) is 8.61. The van der Waals surface area contributed by atoms with Crippen LogP contribution in [-0.2, 0) is 7.05 Å². The van der Waals surface area contributed by atoms with Crippen LogP contribution in [0.5, 0.6) is 0 Å². The Morgan fingerprint density at radius 3 is 2.87 bits per heavy atom. The topological polar surface area (TPSA) is 4.93 Å². The highest BCUT2D eigenvalue weighted by Crippen LogP contribution is 2.29. The summed E-state index contributed by atoms with van der Waals surface area (Å²) < 4.78 is 2.21. The van der Waals surface area contributed by atoms with Crippen LogP contribution >= 0.6 is 11.8 Å². The molecule has 0 fully saturated rings. The molecule has 0 aliphatic rings. The van der Waals surface area contributed by atoms with Gasteiger partial charge >= 0.3 is 0 Å². The molecule has 0 amide bonds. The minimum absolute atomic E-state index is 1.23. The standard InChI is InChI=1S/C13H17NS/c1-3-4-9-15-13-10-14(2)12-8-6-5-7-11(12)13/h5-8,10H,3-4,9H2,1-2H3. The maximum Gasteiger partial charge on any atom is 0.0489 e. The Morgan fingerprint density at radius 2 is 2.07 bits per heavy atom. The molecule has 0 bridgehead atoms. The van der Waals surface area contributed by atoms with Gasteiger partial charge in [-0.05, 0) is 18.2 Å². The number of thioether (sulfide) groups is 1. The van der Waals surface area contributed by atoms with Gasteiger partial charge in [-0.1, -0.05) is 31.5 Å². The van der Waals surface area contributed by atoms with Crippen LogP contribution in [0.4, 0.5) is 0 Å². The number of fused-ring (bicyclic) bond motifs is 1. The third kappa shape index (κ3) is 2.20.